The maximum absolute atomic E-state index is 13.9. The lowest BCUT2D eigenvalue weighted by Crippen LogP contribution is -2.33. The van der Waals surface area contributed by atoms with E-state index in [1.54, 1.807) is 30.7 Å². The minimum atomic E-state index is -0.724. The summed E-state index contributed by atoms with van der Waals surface area (Å²) in [6.45, 7) is 4.33. The first-order valence-electron chi connectivity index (χ1n) is 6.38. The number of benzene rings is 1. The Balaban J connectivity index is 2.01. The van der Waals surface area contributed by atoms with E-state index in [-0.39, 0.29) is 5.82 Å². The summed E-state index contributed by atoms with van der Waals surface area (Å²) in [4.78, 5) is 4.56. The second kappa shape index (κ2) is 5.07. The van der Waals surface area contributed by atoms with Gasteiger partial charge < -0.3 is 9.67 Å². The number of imidazole rings is 1. The van der Waals surface area contributed by atoms with Crippen LogP contribution in [0.2, 0.25) is 0 Å². The number of aliphatic hydroxyl groups excluding tert-OH is 1. The van der Waals surface area contributed by atoms with Gasteiger partial charge in [-0.25, -0.2) is 9.37 Å². The normalized spacial score (nSPS) is 24.6. The number of aromatic nitrogens is 2. The molecule has 3 nitrogen and oxygen atoms in total. The van der Waals surface area contributed by atoms with Crippen LogP contribution in [0.4, 0.5) is 4.39 Å². The summed E-state index contributed by atoms with van der Waals surface area (Å²) in [5.74, 6) is -0.275. The SMILES string of the molecule is C=CCC1(Cn2ccnc2)Sc2c(F)cccc2C1O. The molecule has 0 fully saturated rings. The first-order valence-corrected chi connectivity index (χ1v) is 7.20. The molecule has 1 aromatic heterocycles. The maximum Gasteiger partial charge on any atom is 0.137 e. The molecule has 0 bridgehead atoms. The van der Waals surface area contributed by atoms with E-state index in [0.717, 1.165) is 0 Å². The van der Waals surface area contributed by atoms with E-state index in [1.165, 1.54) is 17.8 Å². The number of halogens is 1. The molecule has 1 aliphatic rings. The molecule has 2 aromatic rings. The lowest BCUT2D eigenvalue weighted by molar-refractivity contribution is 0.123. The topological polar surface area (TPSA) is 38.0 Å². The van der Waals surface area contributed by atoms with Crippen molar-refractivity contribution in [1.29, 1.82) is 0 Å². The number of allylic oxidation sites excluding steroid dienone is 1. The fraction of sp³-hybridized carbons (Fsp3) is 0.267. The predicted octanol–water partition coefficient (Wildman–Crippen LogP) is 3.18. The Morgan fingerprint density at radius 2 is 2.40 bits per heavy atom. The molecule has 0 saturated heterocycles. The second-order valence-corrected chi connectivity index (χ2v) is 6.38. The van der Waals surface area contributed by atoms with Gasteiger partial charge in [-0.1, -0.05) is 18.2 Å². The fourth-order valence-electron chi connectivity index (χ4n) is 2.66. The van der Waals surface area contributed by atoms with Gasteiger partial charge in [0.1, 0.15) is 5.82 Å². The molecule has 0 aliphatic carbocycles. The van der Waals surface area contributed by atoms with Crippen molar-refractivity contribution in [3.05, 3.63) is 61.0 Å². The highest BCUT2D eigenvalue weighted by Crippen LogP contribution is 2.55. The van der Waals surface area contributed by atoms with Crippen LogP contribution in [0.5, 0.6) is 0 Å². The summed E-state index contributed by atoms with van der Waals surface area (Å²) in [6, 6.07) is 4.85. The Morgan fingerprint density at radius 3 is 3.05 bits per heavy atom. The molecule has 3 rings (SSSR count). The molecule has 104 valence electrons. The molecule has 0 saturated carbocycles. The average molecular weight is 290 g/mol. The van der Waals surface area contributed by atoms with Crippen LogP contribution in [0.25, 0.3) is 0 Å². The van der Waals surface area contributed by atoms with Crippen molar-refractivity contribution >= 4 is 11.8 Å². The lowest BCUT2D eigenvalue weighted by Gasteiger charge is -2.31. The summed E-state index contributed by atoms with van der Waals surface area (Å²) >= 11 is 1.40. The van der Waals surface area contributed by atoms with Gasteiger partial charge in [0, 0.05) is 23.8 Å². The van der Waals surface area contributed by atoms with Gasteiger partial charge in [-0.15, -0.1) is 18.3 Å². The standard InChI is InChI=1S/C15H15FN2OS/c1-2-6-15(9-18-8-7-17-10-18)14(19)11-4-3-5-12(16)13(11)20-15/h2-5,7-8,10,14,19H,1,6,9H2. The number of aliphatic hydroxyl groups is 1. The Bertz CT molecular complexity index is 629. The van der Waals surface area contributed by atoms with Gasteiger partial charge in [-0.2, -0.15) is 0 Å². The van der Waals surface area contributed by atoms with Crippen molar-refractivity contribution in [3.63, 3.8) is 0 Å². The zero-order valence-electron chi connectivity index (χ0n) is 10.9. The number of hydrogen-bond donors (Lipinski definition) is 1. The average Bonchev–Trinajstić information content (AvgIpc) is 3.01. The first-order chi connectivity index (χ1) is 9.66. The van der Waals surface area contributed by atoms with Crippen LogP contribution in [-0.2, 0) is 6.54 Å². The first kappa shape index (κ1) is 13.4. The van der Waals surface area contributed by atoms with Gasteiger partial charge in [0.15, 0.2) is 0 Å². The highest BCUT2D eigenvalue weighted by molar-refractivity contribution is 8.01. The van der Waals surface area contributed by atoms with Crippen LogP contribution in [0.15, 0.2) is 54.5 Å². The molecular formula is C15H15FN2OS. The number of fused-ring (bicyclic) bond motifs is 1. The van der Waals surface area contributed by atoms with E-state index in [0.29, 0.717) is 23.4 Å². The number of thioether (sulfide) groups is 1. The van der Waals surface area contributed by atoms with Gasteiger partial charge in [0.2, 0.25) is 0 Å². The van der Waals surface area contributed by atoms with Crippen molar-refractivity contribution in [2.45, 2.75) is 28.7 Å². The summed E-state index contributed by atoms with van der Waals surface area (Å²) in [6.07, 6.45) is 6.89. The third-order valence-corrected chi connectivity index (χ3v) is 5.16. The van der Waals surface area contributed by atoms with Crippen LogP contribution in [-0.4, -0.2) is 19.4 Å². The monoisotopic (exact) mass is 290 g/mol. The maximum atomic E-state index is 13.9. The van der Waals surface area contributed by atoms with Crippen molar-refractivity contribution < 1.29 is 9.50 Å². The number of hydrogen-bond acceptors (Lipinski definition) is 3. The van der Waals surface area contributed by atoms with Crippen LogP contribution in [0.3, 0.4) is 0 Å². The van der Waals surface area contributed by atoms with E-state index in [4.69, 9.17) is 0 Å². The molecule has 5 heteroatoms. The summed E-state index contributed by atoms with van der Waals surface area (Å²) in [7, 11) is 0. The highest BCUT2D eigenvalue weighted by Gasteiger charge is 2.46. The van der Waals surface area contributed by atoms with Crippen molar-refractivity contribution in [1.82, 2.24) is 9.55 Å². The van der Waals surface area contributed by atoms with Crippen molar-refractivity contribution in [3.8, 4) is 0 Å². The second-order valence-electron chi connectivity index (χ2n) is 4.96. The van der Waals surface area contributed by atoms with Crippen LogP contribution in [0.1, 0.15) is 18.1 Å². The molecule has 1 aliphatic heterocycles. The molecule has 2 unspecified atom stereocenters. The molecule has 2 atom stereocenters. The Kier molecular flexibility index (Phi) is 3.40. The summed E-state index contributed by atoms with van der Waals surface area (Å²) in [5.41, 5.74) is 0.664. The van der Waals surface area contributed by atoms with Crippen LogP contribution in [0, 0.1) is 5.82 Å². The minimum absolute atomic E-state index is 0.275. The Labute approximate surface area is 121 Å². The van der Waals surface area contributed by atoms with Gasteiger partial charge >= 0.3 is 0 Å². The van der Waals surface area contributed by atoms with Gasteiger partial charge in [-0.05, 0) is 18.1 Å². The Morgan fingerprint density at radius 1 is 1.55 bits per heavy atom. The third-order valence-electron chi connectivity index (χ3n) is 3.59. The number of nitrogens with zero attached hydrogens (tertiary/aromatic N) is 2. The van der Waals surface area contributed by atoms with E-state index >= 15 is 0 Å². The predicted molar refractivity (Wildman–Crippen MR) is 77.0 cm³/mol. The zero-order chi connectivity index (χ0) is 14.2. The van der Waals surface area contributed by atoms with Gasteiger partial charge in [0.05, 0.1) is 17.2 Å². The van der Waals surface area contributed by atoms with Crippen LogP contribution < -0.4 is 0 Å². The smallest absolute Gasteiger partial charge is 0.137 e. The fourth-order valence-corrected chi connectivity index (χ4v) is 4.18. The largest absolute Gasteiger partial charge is 0.387 e. The summed E-state index contributed by atoms with van der Waals surface area (Å²) in [5, 5.41) is 10.7. The van der Waals surface area contributed by atoms with E-state index in [1.807, 2.05) is 10.8 Å². The number of rotatable bonds is 4. The minimum Gasteiger partial charge on any atom is -0.387 e. The molecule has 1 N–H and O–H groups in total. The van der Waals surface area contributed by atoms with Gasteiger partial charge in [0.25, 0.3) is 0 Å². The van der Waals surface area contributed by atoms with E-state index in [2.05, 4.69) is 11.6 Å². The van der Waals surface area contributed by atoms with E-state index in [9.17, 15) is 9.50 Å². The highest BCUT2D eigenvalue weighted by atomic mass is 32.2. The lowest BCUT2D eigenvalue weighted by atomic mass is 9.92. The molecule has 0 amide bonds. The third kappa shape index (κ3) is 2.07. The van der Waals surface area contributed by atoms with E-state index < -0.39 is 10.9 Å². The summed E-state index contributed by atoms with van der Waals surface area (Å²) < 4.78 is 15.3. The quantitative estimate of drug-likeness (QED) is 0.879. The van der Waals surface area contributed by atoms with Crippen molar-refractivity contribution in [2.24, 2.45) is 0 Å². The molecule has 2 heterocycles. The van der Waals surface area contributed by atoms with Crippen molar-refractivity contribution in [2.75, 3.05) is 0 Å². The van der Waals surface area contributed by atoms with Crippen LogP contribution >= 0.6 is 11.8 Å². The van der Waals surface area contributed by atoms with Gasteiger partial charge in [-0.3, -0.25) is 0 Å². The zero-order valence-corrected chi connectivity index (χ0v) is 11.7. The molecule has 20 heavy (non-hydrogen) atoms. The molecule has 0 spiro atoms. The molecule has 1 aromatic carbocycles. The Hall–Kier alpha value is -1.59. The molecular weight excluding hydrogens is 275 g/mol. The molecule has 0 radical (unpaired) electrons.